The van der Waals surface area contributed by atoms with Gasteiger partial charge in [-0.1, -0.05) is 48.5 Å². The van der Waals surface area contributed by atoms with Crippen LogP contribution in [0.2, 0.25) is 0 Å². The van der Waals surface area contributed by atoms with E-state index in [1.807, 2.05) is 18.2 Å². The molecule has 0 aromatic heterocycles. The Hall–Kier alpha value is -2.46. The number of benzene rings is 2. The molecule has 2 heterocycles. The number of rotatable bonds is 3. The summed E-state index contributed by atoms with van der Waals surface area (Å²) in [5.74, 6) is -0.595. The summed E-state index contributed by atoms with van der Waals surface area (Å²) >= 11 is 0. The highest BCUT2D eigenvalue weighted by Gasteiger charge is 2.52. The van der Waals surface area contributed by atoms with Crippen LogP contribution >= 0.6 is 0 Å². The molecule has 0 saturated heterocycles. The number of ketones is 1. The molecule has 1 N–H and O–H groups in total. The molecule has 1 amide bonds. The molecule has 4 rings (SSSR count). The number of aryl methyl sites for hydroxylation is 1. The molecule has 1 unspecified atom stereocenters. The van der Waals surface area contributed by atoms with E-state index >= 15 is 0 Å². The Kier molecular flexibility index (Phi) is 3.10. The van der Waals surface area contributed by atoms with Crippen molar-refractivity contribution in [1.82, 2.24) is 0 Å². The summed E-state index contributed by atoms with van der Waals surface area (Å²) in [7, 11) is 0. The lowest BCUT2D eigenvalue weighted by Gasteiger charge is -2.25. The third-order valence-electron chi connectivity index (χ3n) is 4.77. The normalized spacial score (nSPS) is 22.1. The van der Waals surface area contributed by atoms with Gasteiger partial charge in [0.1, 0.15) is 0 Å². The van der Waals surface area contributed by atoms with Crippen LogP contribution in [-0.2, 0) is 16.8 Å². The summed E-state index contributed by atoms with van der Waals surface area (Å²) in [5.41, 5.74) is 1.23. The molecule has 2 aliphatic rings. The zero-order chi connectivity index (χ0) is 16.0. The van der Waals surface area contributed by atoms with Crippen LogP contribution in [0.3, 0.4) is 0 Å². The van der Waals surface area contributed by atoms with Crippen molar-refractivity contribution in [3.8, 4) is 0 Å². The SMILES string of the molecule is O=C(CC1(O)C(=O)N2CCCc3cccc1c32)c1ccccc1. The number of Topliss-reactive ketones (excluding diaryl/α,β-unsaturated/α-hetero) is 1. The highest BCUT2D eigenvalue weighted by molar-refractivity contribution is 6.11. The number of anilines is 1. The van der Waals surface area contributed by atoms with E-state index in [1.165, 1.54) is 0 Å². The van der Waals surface area contributed by atoms with E-state index in [0.717, 1.165) is 24.1 Å². The van der Waals surface area contributed by atoms with Crippen LogP contribution in [0, 0.1) is 0 Å². The molecule has 0 fully saturated rings. The largest absolute Gasteiger partial charge is 0.375 e. The predicted octanol–water partition coefficient (Wildman–Crippen LogP) is 2.44. The zero-order valence-electron chi connectivity index (χ0n) is 12.7. The first-order valence-electron chi connectivity index (χ1n) is 7.86. The minimum absolute atomic E-state index is 0.219. The maximum Gasteiger partial charge on any atom is 0.264 e. The summed E-state index contributed by atoms with van der Waals surface area (Å²) in [6.45, 7) is 0.602. The second-order valence-electron chi connectivity index (χ2n) is 6.20. The fourth-order valence-corrected chi connectivity index (χ4v) is 3.66. The first-order chi connectivity index (χ1) is 11.1. The smallest absolute Gasteiger partial charge is 0.264 e. The lowest BCUT2D eigenvalue weighted by molar-refractivity contribution is -0.135. The topological polar surface area (TPSA) is 57.6 Å². The van der Waals surface area contributed by atoms with E-state index < -0.39 is 5.60 Å². The molecule has 0 spiro atoms. The number of nitrogens with zero attached hydrogens (tertiary/aromatic N) is 1. The van der Waals surface area contributed by atoms with Crippen LogP contribution in [0.4, 0.5) is 5.69 Å². The van der Waals surface area contributed by atoms with Gasteiger partial charge in [-0.15, -0.1) is 0 Å². The van der Waals surface area contributed by atoms with Crippen LogP contribution in [0.1, 0.15) is 34.3 Å². The van der Waals surface area contributed by atoms with E-state index in [4.69, 9.17) is 0 Å². The van der Waals surface area contributed by atoms with Gasteiger partial charge < -0.3 is 10.0 Å². The predicted molar refractivity (Wildman–Crippen MR) is 86.4 cm³/mol. The second kappa shape index (κ2) is 5.03. The first-order valence-corrected chi connectivity index (χ1v) is 7.86. The zero-order valence-corrected chi connectivity index (χ0v) is 12.7. The number of aliphatic hydroxyl groups is 1. The quantitative estimate of drug-likeness (QED) is 0.886. The van der Waals surface area contributed by atoms with Crippen molar-refractivity contribution in [2.45, 2.75) is 24.9 Å². The van der Waals surface area contributed by atoms with Gasteiger partial charge in [0.25, 0.3) is 5.91 Å². The van der Waals surface area contributed by atoms with Gasteiger partial charge in [0.15, 0.2) is 11.4 Å². The number of hydrogen-bond acceptors (Lipinski definition) is 3. The van der Waals surface area contributed by atoms with E-state index in [-0.39, 0.29) is 18.1 Å². The van der Waals surface area contributed by atoms with Crippen molar-refractivity contribution in [3.63, 3.8) is 0 Å². The molecule has 0 aliphatic carbocycles. The van der Waals surface area contributed by atoms with Crippen LogP contribution in [0.15, 0.2) is 48.5 Å². The highest BCUT2D eigenvalue weighted by atomic mass is 16.3. The molecule has 2 aliphatic heterocycles. The molecule has 0 radical (unpaired) electrons. The molecular formula is C19H17NO3. The minimum Gasteiger partial charge on any atom is -0.375 e. The van der Waals surface area contributed by atoms with Crippen molar-refractivity contribution in [1.29, 1.82) is 0 Å². The Morgan fingerprint density at radius 1 is 1.13 bits per heavy atom. The molecule has 1 atom stereocenters. The van der Waals surface area contributed by atoms with E-state index in [2.05, 4.69) is 0 Å². The Balaban J connectivity index is 1.76. The van der Waals surface area contributed by atoms with Gasteiger partial charge in [-0.2, -0.15) is 0 Å². The maximum atomic E-state index is 12.8. The van der Waals surface area contributed by atoms with Gasteiger partial charge in [-0.25, -0.2) is 0 Å². The summed E-state index contributed by atoms with van der Waals surface area (Å²) in [6.07, 6.45) is 1.56. The Morgan fingerprint density at radius 2 is 1.91 bits per heavy atom. The summed E-state index contributed by atoms with van der Waals surface area (Å²) in [6, 6.07) is 14.4. The first kappa shape index (κ1) is 14.2. The van der Waals surface area contributed by atoms with Crippen LogP contribution in [0.5, 0.6) is 0 Å². The van der Waals surface area contributed by atoms with Crippen molar-refractivity contribution in [2.24, 2.45) is 0 Å². The van der Waals surface area contributed by atoms with Crippen LogP contribution < -0.4 is 4.90 Å². The minimum atomic E-state index is -1.75. The standard InChI is InChI=1S/C19H17NO3/c21-16(13-6-2-1-3-7-13)12-19(23)15-10-4-8-14-9-5-11-20(17(14)15)18(19)22/h1-4,6-8,10,23H,5,9,11-12H2. The lowest BCUT2D eigenvalue weighted by Crippen LogP contribution is -2.42. The summed E-state index contributed by atoms with van der Waals surface area (Å²) in [4.78, 5) is 27.0. The summed E-state index contributed by atoms with van der Waals surface area (Å²) in [5, 5.41) is 11.1. The molecule has 0 saturated carbocycles. The number of amides is 1. The molecule has 0 bridgehead atoms. The maximum absolute atomic E-state index is 12.8. The third kappa shape index (κ3) is 2.02. The highest BCUT2D eigenvalue weighted by Crippen LogP contribution is 2.46. The van der Waals surface area contributed by atoms with Crippen molar-refractivity contribution in [3.05, 3.63) is 65.2 Å². The number of hydrogen-bond donors (Lipinski definition) is 1. The Morgan fingerprint density at radius 3 is 2.70 bits per heavy atom. The molecule has 2 aromatic rings. The Bertz CT molecular complexity index is 800. The Labute approximate surface area is 134 Å². The number of carbonyl (C=O) groups excluding carboxylic acids is 2. The molecule has 23 heavy (non-hydrogen) atoms. The lowest BCUT2D eigenvalue weighted by atomic mass is 9.87. The van der Waals surface area contributed by atoms with Gasteiger partial charge in [0, 0.05) is 17.7 Å². The fraction of sp³-hybridized carbons (Fsp3) is 0.263. The summed E-state index contributed by atoms with van der Waals surface area (Å²) < 4.78 is 0. The van der Waals surface area contributed by atoms with E-state index in [1.54, 1.807) is 35.2 Å². The molecule has 4 heteroatoms. The van der Waals surface area contributed by atoms with Gasteiger partial charge in [-0.3, -0.25) is 9.59 Å². The molecule has 4 nitrogen and oxygen atoms in total. The molecule has 2 aromatic carbocycles. The van der Waals surface area contributed by atoms with Gasteiger partial charge in [0.2, 0.25) is 0 Å². The van der Waals surface area contributed by atoms with Gasteiger partial charge >= 0.3 is 0 Å². The van der Waals surface area contributed by atoms with Crippen LogP contribution in [-0.4, -0.2) is 23.3 Å². The van der Waals surface area contributed by atoms with E-state index in [0.29, 0.717) is 17.7 Å². The number of para-hydroxylation sites is 1. The van der Waals surface area contributed by atoms with Crippen LogP contribution in [0.25, 0.3) is 0 Å². The average molecular weight is 307 g/mol. The monoisotopic (exact) mass is 307 g/mol. The number of carbonyl (C=O) groups is 2. The van der Waals surface area contributed by atoms with Gasteiger partial charge in [-0.05, 0) is 18.4 Å². The molecular weight excluding hydrogens is 290 g/mol. The van der Waals surface area contributed by atoms with Gasteiger partial charge in [0.05, 0.1) is 12.1 Å². The van der Waals surface area contributed by atoms with Crippen molar-refractivity contribution >= 4 is 17.4 Å². The van der Waals surface area contributed by atoms with Crippen molar-refractivity contribution < 1.29 is 14.7 Å². The van der Waals surface area contributed by atoms with E-state index in [9.17, 15) is 14.7 Å². The molecule has 116 valence electrons. The fourth-order valence-electron chi connectivity index (χ4n) is 3.66. The average Bonchev–Trinajstić information content (AvgIpc) is 2.80. The second-order valence-corrected chi connectivity index (χ2v) is 6.20. The van der Waals surface area contributed by atoms with Crippen molar-refractivity contribution in [2.75, 3.05) is 11.4 Å². The third-order valence-corrected chi connectivity index (χ3v) is 4.77.